The molecule has 6 heteroatoms. The molecule has 0 spiro atoms. The van der Waals surface area contributed by atoms with E-state index in [9.17, 15) is 13.2 Å². The van der Waals surface area contributed by atoms with Gasteiger partial charge in [-0.15, -0.1) is 0 Å². The van der Waals surface area contributed by atoms with Gasteiger partial charge in [0.05, 0.1) is 5.25 Å². The highest BCUT2D eigenvalue weighted by Gasteiger charge is 2.30. The Balaban J connectivity index is 2.06. The van der Waals surface area contributed by atoms with E-state index in [1.807, 2.05) is 6.92 Å². The average Bonchev–Trinajstić information content (AvgIpc) is 3.00. The third-order valence-electron chi connectivity index (χ3n) is 3.21. The summed E-state index contributed by atoms with van der Waals surface area (Å²) in [5.41, 5.74) is 0. The van der Waals surface area contributed by atoms with Gasteiger partial charge in [0.25, 0.3) is 5.91 Å². The molecule has 100 valence electrons. The fourth-order valence-electron chi connectivity index (χ4n) is 2.15. The molecule has 1 aliphatic carbocycles. The third kappa shape index (κ3) is 2.75. The van der Waals surface area contributed by atoms with Crippen LogP contribution in [0.25, 0.3) is 0 Å². The van der Waals surface area contributed by atoms with E-state index in [0.29, 0.717) is 25.0 Å². The first-order valence-electron chi connectivity index (χ1n) is 6.17. The molecule has 0 saturated heterocycles. The summed E-state index contributed by atoms with van der Waals surface area (Å²) in [6, 6.07) is 3.18. The SMILES string of the molecule is CCc1ccc(C(=O)NS(=O)(=O)C2CCCC2)o1. The molecular formula is C12H17NO4S. The summed E-state index contributed by atoms with van der Waals surface area (Å²) < 4.78 is 31.2. The van der Waals surface area contributed by atoms with Crippen molar-refractivity contribution in [1.82, 2.24) is 4.72 Å². The number of sulfonamides is 1. The molecule has 1 aromatic rings. The van der Waals surface area contributed by atoms with Crippen LogP contribution in [0.15, 0.2) is 16.5 Å². The lowest BCUT2D eigenvalue weighted by molar-refractivity contribution is 0.0952. The molecule has 1 N–H and O–H groups in total. The summed E-state index contributed by atoms with van der Waals surface area (Å²) in [5, 5.41) is -0.443. The smallest absolute Gasteiger partial charge is 0.300 e. The van der Waals surface area contributed by atoms with E-state index in [2.05, 4.69) is 4.72 Å². The first-order chi connectivity index (χ1) is 8.53. The largest absolute Gasteiger partial charge is 0.456 e. The number of amides is 1. The van der Waals surface area contributed by atoms with Crippen LogP contribution in [0.3, 0.4) is 0 Å². The van der Waals surface area contributed by atoms with Gasteiger partial charge in [0.15, 0.2) is 5.76 Å². The van der Waals surface area contributed by atoms with E-state index >= 15 is 0 Å². The molecule has 0 aliphatic heterocycles. The van der Waals surface area contributed by atoms with Crippen molar-refractivity contribution in [2.24, 2.45) is 0 Å². The lowest BCUT2D eigenvalue weighted by atomic mass is 10.3. The van der Waals surface area contributed by atoms with Crippen molar-refractivity contribution in [3.63, 3.8) is 0 Å². The maximum Gasteiger partial charge on any atom is 0.300 e. The number of rotatable bonds is 4. The van der Waals surface area contributed by atoms with Gasteiger partial charge in [-0.1, -0.05) is 19.8 Å². The molecule has 18 heavy (non-hydrogen) atoms. The number of carbonyl (C=O) groups is 1. The van der Waals surface area contributed by atoms with Gasteiger partial charge in [-0.3, -0.25) is 4.79 Å². The minimum atomic E-state index is -3.56. The van der Waals surface area contributed by atoms with E-state index in [-0.39, 0.29) is 5.76 Å². The molecule has 2 rings (SSSR count). The lowest BCUT2D eigenvalue weighted by Crippen LogP contribution is -2.37. The quantitative estimate of drug-likeness (QED) is 0.906. The molecule has 1 saturated carbocycles. The van der Waals surface area contributed by atoms with Crippen molar-refractivity contribution in [2.45, 2.75) is 44.3 Å². The number of hydrogen-bond acceptors (Lipinski definition) is 4. The Hall–Kier alpha value is -1.30. The normalized spacial score (nSPS) is 16.9. The summed E-state index contributed by atoms with van der Waals surface area (Å²) in [6.45, 7) is 1.90. The van der Waals surface area contributed by atoms with Crippen molar-refractivity contribution in [3.8, 4) is 0 Å². The van der Waals surface area contributed by atoms with Crippen molar-refractivity contribution in [1.29, 1.82) is 0 Å². The van der Waals surface area contributed by atoms with Crippen molar-refractivity contribution >= 4 is 15.9 Å². The summed E-state index contributed by atoms with van der Waals surface area (Å²) in [6.07, 6.45) is 3.73. The van der Waals surface area contributed by atoms with Gasteiger partial charge in [0, 0.05) is 6.42 Å². The van der Waals surface area contributed by atoms with E-state index in [4.69, 9.17) is 4.42 Å². The second-order valence-electron chi connectivity index (χ2n) is 4.50. The first kappa shape index (κ1) is 13.1. The number of aryl methyl sites for hydroxylation is 1. The Morgan fingerprint density at radius 2 is 2.06 bits per heavy atom. The number of carbonyl (C=O) groups excluding carboxylic acids is 1. The van der Waals surface area contributed by atoms with Crippen molar-refractivity contribution in [2.75, 3.05) is 0 Å². The molecule has 1 amide bonds. The van der Waals surface area contributed by atoms with E-state index in [0.717, 1.165) is 12.8 Å². The van der Waals surface area contributed by atoms with Crippen LogP contribution < -0.4 is 4.72 Å². The highest BCUT2D eigenvalue weighted by atomic mass is 32.2. The molecule has 0 radical (unpaired) electrons. The Morgan fingerprint density at radius 3 is 2.61 bits per heavy atom. The third-order valence-corrected chi connectivity index (χ3v) is 5.03. The topological polar surface area (TPSA) is 76.4 Å². The zero-order valence-corrected chi connectivity index (χ0v) is 11.1. The molecule has 1 aromatic heterocycles. The van der Waals surface area contributed by atoms with Crippen LogP contribution in [0.1, 0.15) is 48.9 Å². The number of furan rings is 1. The van der Waals surface area contributed by atoms with Crippen LogP contribution in [0, 0.1) is 0 Å². The Morgan fingerprint density at radius 1 is 1.39 bits per heavy atom. The maximum atomic E-state index is 11.9. The molecule has 0 aromatic carbocycles. The molecule has 0 atom stereocenters. The van der Waals surface area contributed by atoms with E-state index < -0.39 is 21.2 Å². The Bertz CT molecular complexity index is 526. The van der Waals surface area contributed by atoms with Crippen molar-refractivity contribution in [3.05, 3.63) is 23.7 Å². The highest BCUT2D eigenvalue weighted by molar-refractivity contribution is 7.90. The second-order valence-corrected chi connectivity index (χ2v) is 6.46. The van der Waals surface area contributed by atoms with E-state index in [1.165, 1.54) is 6.07 Å². The van der Waals surface area contributed by atoms with Gasteiger partial charge in [-0.05, 0) is 25.0 Å². The van der Waals surface area contributed by atoms with Gasteiger partial charge in [-0.25, -0.2) is 13.1 Å². The van der Waals surface area contributed by atoms with Crippen LogP contribution >= 0.6 is 0 Å². The monoisotopic (exact) mass is 271 g/mol. The Labute approximate surface area is 107 Å². The average molecular weight is 271 g/mol. The molecule has 1 aliphatic rings. The Kier molecular flexibility index (Phi) is 3.75. The van der Waals surface area contributed by atoms with Gasteiger partial charge in [0.2, 0.25) is 10.0 Å². The van der Waals surface area contributed by atoms with Gasteiger partial charge in [0.1, 0.15) is 5.76 Å². The predicted octanol–water partition coefficient (Wildman–Crippen LogP) is 1.84. The number of hydrogen-bond donors (Lipinski definition) is 1. The molecule has 5 nitrogen and oxygen atoms in total. The minimum absolute atomic E-state index is 0.0495. The van der Waals surface area contributed by atoms with Crippen LogP contribution in [0.2, 0.25) is 0 Å². The maximum absolute atomic E-state index is 11.9. The fraction of sp³-hybridized carbons (Fsp3) is 0.583. The highest BCUT2D eigenvalue weighted by Crippen LogP contribution is 2.24. The number of nitrogens with one attached hydrogen (secondary N) is 1. The van der Waals surface area contributed by atoms with Crippen molar-refractivity contribution < 1.29 is 17.6 Å². The van der Waals surface area contributed by atoms with Crippen LogP contribution in [-0.2, 0) is 16.4 Å². The molecule has 1 fully saturated rings. The standard InChI is InChI=1S/C12H17NO4S/c1-2-9-7-8-11(17-9)12(14)13-18(15,16)10-5-3-4-6-10/h7-8,10H,2-6H2,1H3,(H,13,14). The summed E-state index contributed by atoms with van der Waals surface area (Å²) >= 11 is 0. The van der Waals surface area contributed by atoms with Crippen LogP contribution in [0.4, 0.5) is 0 Å². The van der Waals surface area contributed by atoms with Crippen LogP contribution in [0.5, 0.6) is 0 Å². The van der Waals surface area contributed by atoms with Crippen LogP contribution in [-0.4, -0.2) is 19.6 Å². The molecular weight excluding hydrogens is 254 g/mol. The van der Waals surface area contributed by atoms with Gasteiger partial charge < -0.3 is 4.42 Å². The predicted molar refractivity (Wildman–Crippen MR) is 66.7 cm³/mol. The summed E-state index contributed by atoms with van der Waals surface area (Å²) in [5.74, 6) is 0.0356. The van der Waals surface area contributed by atoms with Gasteiger partial charge >= 0.3 is 0 Å². The minimum Gasteiger partial charge on any atom is -0.456 e. The second kappa shape index (κ2) is 5.14. The van der Waals surface area contributed by atoms with E-state index in [1.54, 1.807) is 6.07 Å². The molecule has 0 bridgehead atoms. The lowest BCUT2D eigenvalue weighted by Gasteiger charge is -2.11. The first-order valence-corrected chi connectivity index (χ1v) is 7.72. The zero-order valence-electron chi connectivity index (χ0n) is 10.3. The molecule has 1 heterocycles. The summed E-state index contributed by atoms with van der Waals surface area (Å²) in [4.78, 5) is 11.8. The fourth-order valence-corrected chi connectivity index (χ4v) is 3.63. The summed E-state index contributed by atoms with van der Waals surface area (Å²) in [7, 11) is -3.56. The molecule has 0 unspecified atom stereocenters. The van der Waals surface area contributed by atoms with Gasteiger partial charge in [-0.2, -0.15) is 0 Å². The zero-order chi connectivity index (χ0) is 13.2.